The van der Waals surface area contributed by atoms with Crippen LogP contribution in [-0.2, 0) is 37.9 Å². The van der Waals surface area contributed by atoms with Gasteiger partial charge in [0.15, 0.2) is 12.6 Å². The van der Waals surface area contributed by atoms with Crippen LogP contribution in [0.4, 0.5) is 0 Å². The Bertz CT molecular complexity index is 716. The van der Waals surface area contributed by atoms with Crippen LogP contribution in [0, 0.1) is 0 Å². The van der Waals surface area contributed by atoms with E-state index in [0.29, 0.717) is 11.0 Å². The molecule has 8 N–H and O–H groups in total. The molecule has 2 aliphatic rings. The Hall–Kier alpha value is -0.680. The van der Waals surface area contributed by atoms with Crippen molar-refractivity contribution in [2.75, 3.05) is 93.9 Å². The van der Waals surface area contributed by atoms with E-state index >= 15 is 0 Å². The van der Waals surface area contributed by atoms with Crippen molar-refractivity contribution in [3.05, 3.63) is 0 Å². The summed E-state index contributed by atoms with van der Waals surface area (Å²) in [6, 6.07) is 0. The number of rotatable bonds is 20. The van der Waals surface area contributed by atoms with Crippen LogP contribution in [0.5, 0.6) is 0 Å². The summed E-state index contributed by atoms with van der Waals surface area (Å²) < 4.78 is 44.9. The van der Waals surface area contributed by atoms with Crippen molar-refractivity contribution < 1.29 is 83.2 Å². The predicted molar refractivity (Wildman–Crippen MR) is 140 cm³/mol. The van der Waals surface area contributed by atoms with Crippen molar-refractivity contribution in [1.29, 1.82) is 0 Å². The van der Waals surface area contributed by atoms with Crippen molar-refractivity contribution in [2.24, 2.45) is 0 Å². The molecule has 42 heavy (non-hydrogen) atoms. The number of aliphatic hydroxyl groups excluding tert-OH is 8. The maximum absolute atomic E-state index is 11.2. The third-order valence-corrected chi connectivity index (χ3v) is 6.50. The van der Waals surface area contributed by atoms with Crippen LogP contribution in [0.1, 0.15) is 0 Å². The number of nitrogens with zero attached hydrogens (tertiary/aromatic N) is 1. The van der Waals surface area contributed by atoms with Gasteiger partial charge in [-0.25, -0.2) is 0 Å². The maximum Gasteiger partial charge on any atom is 0.187 e. The topological polar surface area (TPSA) is 236 Å². The number of aliphatic hydroxyl groups is 8. The SMILES string of the molecule is C[N+](C)(C)CC(O)COCCO[C@@H]1[C@@H](O)[C@H](OC2O[C@H](CO)[C@@H](OCCO)[C@H](OCCO)[C@H]2O)[C@@H](COCO)O[C@H]1O. The zero-order valence-electron chi connectivity index (χ0n) is 24.4. The highest BCUT2D eigenvalue weighted by atomic mass is 16.7. The third-order valence-electron chi connectivity index (χ3n) is 6.50. The summed E-state index contributed by atoms with van der Waals surface area (Å²) in [6.45, 7) is -2.18. The molecule has 250 valence electrons. The standard InChI is InChI=1S/C25H50NO16/c1-26(2,3)10-15(31)12-35-8-9-39-23-18(32)20(17(13-36-14-30)40-24(23)34)42-25-19(33)22(38-7-5-28)21(37-6-4-27)16(11-29)41-25/h15-25,27-34H,4-14H2,1-3H3/q+1/t15?,16-,17-,18+,19-,20-,21-,22-,23-,24-,25?/m1/s1. The zero-order chi connectivity index (χ0) is 31.3. The average Bonchev–Trinajstić information content (AvgIpc) is 2.93. The highest BCUT2D eigenvalue weighted by Gasteiger charge is 2.52. The van der Waals surface area contributed by atoms with Crippen molar-refractivity contribution in [1.82, 2.24) is 0 Å². The van der Waals surface area contributed by atoms with E-state index in [-0.39, 0.29) is 52.9 Å². The van der Waals surface area contributed by atoms with Crippen LogP contribution in [0.25, 0.3) is 0 Å². The molecule has 0 aromatic rings. The Morgan fingerprint density at radius 2 is 1.36 bits per heavy atom. The summed E-state index contributed by atoms with van der Waals surface area (Å²) >= 11 is 0. The fraction of sp³-hybridized carbons (Fsp3) is 1.00. The van der Waals surface area contributed by atoms with Gasteiger partial charge in [-0.3, -0.25) is 0 Å². The number of ether oxygens (including phenoxy) is 8. The zero-order valence-corrected chi connectivity index (χ0v) is 24.4. The van der Waals surface area contributed by atoms with Crippen molar-refractivity contribution in [3.63, 3.8) is 0 Å². The molecule has 2 fully saturated rings. The molecule has 2 aliphatic heterocycles. The first-order valence-corrected chi connectivity index (χ1v) is 13.9. The highest BCUT2D eigenvalue weighted by Crippen LogP contribution is 2.31. The Kier molecular flexibility index (Phi) is 16.9. The summed E-state index contributed by atoms with van der Waals surface area (Å²) in [4.78, 5) is 0. The molecule has 0 radical (unpaired) electrons. The van der Waals surface area contributed by atoms with Gasteiger partial charge in [-0.1, -0.05) is 0 Å². The van der Waals surface area contributed by atoms with Crippen LogP contribution in [0.3, 0.4) is 0 Å². The van der Waals surface area contributed by atoms with E-state index in [0.717, 1.165) is 0 Å². The molecule has 11 atom stereocenters. The summed E-state index contributed by atoms with van der Waals surface area (Å²) in [5.74, 6) is 0. The minimum absolute atomic E-state index is 0.0362. The minimum Gasteiger partial charge on any atom is -0.394 e. The van der Waals surface area contributed by atoms with Gasteiger partial charge in [0.1, 0.15) is 68.3 Å². The number of likely N-dealkylation sites (N-methyl/N-ethyl adjacent to an activating group) is 1. The summed E-state index contributed by atoms with van der Waals surface area (Å²) in [5, 5.41) is 80.3. The molecule has 0 spiro atoms. The van der Waals surface area contributed by atoms with E-state index < -0.39 is 80.9 Å². The van der Waals surface area contributed by atoms with E-state index in [4.69, 9.17) is 48.1 Å². The van der Waals surface area contributed by atoms with Crippen molar-refractivity contribution in [3.8, 4) is 0 Å². The van der Waals surface area contributed by atoms with Gasteiger partial charge in [-0.05, 0) is 0 Å². The summed E-state index contributed by atoms with van der Waals surface area (Å²) in [7, 11) is 5.80. The quantitative estimate of drug-likeness (QED) is 0.0360. The van der Waals surface area contributed by atoms with E-state index in [1.165, 1.54) is 0 Å². The first kappa shape index (κ1) is 37.5. The number of hydrogen-bond donors (Lipinski definition) is 8. The Morgan fingerprint density at radius 1 is 0.714 bits per heavy atom. The van der Waals surface area contributed by atoms with Gasteiger partial charge >= 0.3 is 0 Å². The molecular weight excluding hydrogens is 570 g/mol. The maximum atomic E-state index is 11.2. The fourth-order valence-electron chi connectivity index (χ4n) is 4.79. The number of quaternary nitrogens is 1. The van der Waals surface area contributed by atoms with Crippen LogP contribution in [-0.4, -0.2) is 207 Å². The molecule has 17 heteroatoms. The fourth-order valence-corrected chi connectivity index (χ4v) is 4.79. The molecule has 0 bridgehead atoms. The van der Waals surface area contributed by atoms with Gasteiger partial charge < -0.3 is 83.2 Å². The molecule has 0 amide bonds. The Balaban J connectivity index is 2.10. The van der Waals surface area contributed by atoms with Gasteiger partial charge in [-0.15, -0.1) is 0 Å². The van der Waals surface area contributed by atoms with Crippen molar-refractivity contribution >= 4 is 0 Å². The summed E-state index contributed by atoms with van der Waals surface area (Å²) in [6.07, 6.45) is -14.1. The molecule has 0 aromatic carbocycles. The first-order valence-electron chi connectivity index (χ1n) is 13.9. The lowest BCUT2D eigenvalue weighted by atomic mass is 9.96. The highest BCUT2D eigenvalue weighted by molar-refractivity contribution is 4.95. The molecule has 17 nitrogen and oxygen atoms in total. The van der Waals surface area contributed by atoms with E-state index in [1.54, 1.807) is 0 Å². The molecule has 2 saturated heterocycles. The molecule has 0 saturated carbocycles. The molecule has 0 aliphatic carbocycles. The second kappa shape index (κ2) is 19.0. The lowest BCUT2D eigenvalue weighted by molar-refractivity contribution is -0.873. The van der Waals surface area contributed by atoms with Gasteiger partial charge in [0.05, 0.1) is 80.6 Å². The second-order valence-electron chi connectivity index (χ2n) is 11.0. The molecular formula is C25H50NO16+. The largest absolute Gasteiger partial charge is 0.394 e. The van der Waals surface area contributed by atoms with Gasteiger partial charge in [0.2, 0.25) is 0 Å². The normalized spacial score (nSPS) is 34.9. The van der Waals surface area contributed by atoms with Gasteiger partial charge in [0.25, 0.3) is 0 Å². The van der Waals surface area contributed by atoms with E-state index in [2.05, 4.69) is 0 Å². The third kappa shape index (κ3) is 11.7. The first-order chi connectivity index (χ1) is 20.0. The van der Waals surface area contributed by atoms with Crippen LogP contribution in [0.15, 0.2) is 0 Å². The lowest BCUT2D eigenvalue weighted by Crippen LogP contribution is -2.65. The number of hydrogen-bond acceptors (Lipinski definition) is 16. The lowest BCUT2D eigenvalue weighted by Gasteiger charge is -2.47. The Morgan fingerprint density at radius 3 is 1.95 bits per heavy atom. The Labute approximate surface area is 245 Å². The molecule has 2 rings (SSSR count). The van der Waals surface area contributed by atoms with Gasteiger partial charge in [0, 0.05) is 0 Å². The molecule has 0 aromatic heterocycles. The monoisotopic (exact) mass is 620 g/mol. The van der Waals surface area contributed by atoms with Crippen LogP contribution >= 0.6 is 0 Å². The minimum atomic E-state index is -1.63. The van der Waals surface area contributed by atoms with Gasteiger partial charge in [-0.2, -0.15) is 0 Å². The van der Waals surface area contributed by atoms with Crippen LogP contribution in [0.2, 0.25) is 0 Å². The molecule has 2 heterocycles. The predicted octanol–water partition coefficient (Wildman–Crippen LogP) is -5.28. The molecule has 2 unspecified atom stereocenters. The van der Waals surface area contributed by atoms with E-state index in [9.17, 15) is 30.6 Å². The summed E-state index contributed by atoms with van der Waals surface area (Å²) in [5.41, 5.74) is 0. The second-order valence-corrected chi connectivity index (χ2v) is 11.0. The van der Waals surface area contributed by atoms with E-state index in [1.807, 2.05) is 21.1 Å². The van der Waals surface area contributed by atoms with Crippen molar-refractivity contribution in [2.45, 2.75) is 67.5 Å². The smallest absolute Gasteiger partial charge is 0.187 e. The average molecular weight is 621 g/mol. The van der Waals surface area contributed by atoms with Crippen LogP contribution < -0.4 is 0 Å².